The molecule has 0 N–H and O–H groups in total. The van der Waals surface area contributed by atoms with Crippen LogP contribution in [0.1, 0.15) is 41.1 Å². The van der Waals surface area contributed by atoms with Crippen molar-refractivity contribution in [2.75, 3.05) is 6.54 Å². The van der Waals surface area contributed by atoms with E-state index in [1.807, 2.05) is 6.92 Å². The molecule has 0 spiro atoms. The van der Waals surface area contributed by atoms with Gasteiger partial charge in [-0.1, -0.05) is 0 Å². The maximum atomic E-state index is 13.7. The minimum Gasteiger partial charge on any atom is -0.471 e. The van der Waals surface area contributed by atoms with Crippen molar-refractivity contribution in [3.8, 4) is 17.3 Å². The third kappa shape index (κ3) is 4.29. The Hall–Kier alpha value is -3.63. The number of hydrogen-bond acceptors (Lipinski definition) is 7. The van der Waals surface area contributed by atoms with Crippen molar-refractivity contribution >= 4 is 5.91 Å². The van der Waals surface area contributed by atoms with E-state index in [0.717, 1.165) is 19.0 Å². The summed E-state index contributed by atoms with van der Waals surface area (Å²) in [6, 6.07) is 5.04. The number of carbonyl (C=O) groups is 1. The molecule has 3 aromatic rings. The molecule has 5 heterocycles. The Morgan fingerprint density at radius 1 is 1.09 bits per heavy atom. The van der Waals surface area contributed by atoms with Crippen molar-refractivity contribution in [1.29, 1.82) is 0 Å². The lowest BCUT2D eigenvalue weighted by Gasteiger charge is -2.49. The molecule has 2 aliphatic heterocycles. The number of amides is 1. The van der Waals surface area contributed by atoms with E-state index in [4.69, 9.17) is 4.74 Å². The van der Waals surface area contributed by atoms with Crippen LogP contribution < -0.4 is 4.74 Å². The number of hydrogen-bond donors (Lipinski definition) is 0. The maximum absolute atomic E-state index is 13.7. The van der Waals surface area contributed by atoms with E-state index in [9.17, 15) is 18.0 Å². The molecule has 3 fully saturated rings. The van der Waals surface area contributed by atoms with E-state index in [2.05, 4.69) is 24.9 Å². The largest absolute Gasteiger partial charge is 0.471 e. The van der Waals surface area contributed by atoms with Gasteiger partial charge in [-0.2, -0.15) is 13.2 Å². The van der Waals surface area contributed by atoms with Crippen LogP contribution in [0.4, 0.5) is 13.2 Å². The molecule has 3 aliphatic rings. The third-order valence-corrected chi connectivity index (χ3v) is 6.22. The first kappa shape index (κ1) is 22.2. The highest BCUT2D eigenvalue weighted by Gasteiger charge is 2.45. The van der Waals surface area contributed by atoms with Crippen LogP contribution in [-0.2, 0) is 6.18 Å². The Morgan fingerprint density at radius 2 is 1.88 bits per heavy atom. The molecule has 3 unspecified atom stereocenters. The SMILES string of the molecule is Cc1ccc(-c2ncccn2)c(C(=O)N2CC3CCC2C(Oc2cnc(C(F)(F)F)cn2)C3)n1. The molecular formula is C23H21F3N6O2. The van der Waals surface area contributed by atoms with Crippen LogP contribution in [0.15, 0.2) is 43.0 Å². The lowest BCUT2D eigenvalue weighted by Crippen LogP contribution is -2.59. The standard InChI is InChI=1S/C23H21F3N6O2/c1-13-3-5-15(21-27-7-2-8-28-21)20(31-13)22(33)32-12-14-4-6-16(32)17(9-14)34-19-11-29-18(10-30-19)23(24,25)26/h2-3,5,7-8,10-11,14,16-17H,4,6,9,12H2,1H3. The number of ether oxygens (including phenoxy) is 1. The topological polar surface area (TPSA) is 94.0 Å². The first-order valence-electron chi connectivity index (χ1n) is 10.9. The summed E-state index contributed by atoms with van der Waals surface area (Å²) in [5.74, 6) is 0.383. The van der Waals surface area contributed by atoms with Gasteiger partial charge in [0.1, 0.15) is 11.8 Å². The van der Waals surface area contributed by atoms with Gasteiger partial charge < -0.3 is 9.64 Å². The van der Waals surface area contributed by atoms with Gasteiger partial charge in [0.25, 0.3) is 5.91 Å². The molecule has 11 heteroatoms. The van der Waals surface area contributed by atoms with Gasteiger partial charge in [0.15, 0.2) is 11.5 Å². The number of nitrogens with zero attached hydrogens (tertiary/aromatic N) is 6. The van der Waals surface area contributed by atoms with Gasteiger partial charge in [0.2, 0.25) is 5.88 Å². The van der Waals surface area contributed by atoms with Gasteiger partial charge in [0, 0.05) is 24.6 Å². The van der Waals surface area contributed by atoms with Crippen LogP contribution in [0.25, 0.3) is 11.4 Å². The fourth-order valence-electron chi connectivity index (χ4n) is 4.64. The molecule has 3 aromatic heterocycles. The molecule has 176 valence electrons. The molecule has 2 saturated heterocycles. The summed E-state index contributed by atoms with van der Waals surface area (Å²) in [5, 5.41) is 0. The van der Waals surface area contributed by atoms with Gasteiger partial charge in [-0.25, -0.2) is 24.9 Å². The molecule has 0 aromatic carbocycles. The fourth-order valence-corrected chi connectivity index (χ4v) is 4.64. The zero-order valence-corrected chi connectivity index (χ0v) is 18.2. The number of aromatic nitrogens is 5. The molecule has 0 radical (unpaired) electrons. The fraction of sp³-hybridized carbons (Fsp3) is 0.391. The highest BCUT2D eigenvalue weighted by molar-refractivity contribution is 5.98. The molecule has 3 atom stereocenters. The molecule has 6 rings (SSSR count). The second kappa shape index (κ2) is 8.62. The number of halogens is 3. The van der Waals surface area contributed by atoms with E-state index in [1.165, 1.54) is 0 Å². The van der Waals surface area contributed by atoms with E-state index >= 15 is 0 Å². The van der Waals surface area contributed by atoms with Crippen LogP contribution in [0, 0.1) is 12.8 Å². The summed E-state index contributed by atoms with van der Waals surface area (Å²) in [6.45, 7) is 2.37. The number of pyridine rings is 1. The zero-order valence-electron chi connectivity index (χ0n) is 18.2. The van der Waals surface area contributed by atoms with Gasteiger partial charge >= 0.3 is 6.18 Å². The predicted molar refractivity (Wildman–Crippen MR) is 114 cm³/mol. The molecule has 1 saturated carbocycles. The first-order valence-corrected chi connectivity index (χ1v) is 10.9. The average Bonchev–Trinajstić information content (AvgIpc) is 2.84. The van der Waals surface area contributed by atoms with Gasteiger partial charge in [-0.15, -0.1) is 0 Å². The smallest absolute Gasteiger partial charge is 0.434 e. The Balaban J connectivity index is 1.40. The third-order valence-electron chi connectivity index (χ3n) is 6.22. The summed E-state index contributed by atoms with van der Waals surface area (Å²) in [5.41, 5.74) is 0.427. The van der Waals surface area contributed by atoms with Crippen LogP contribution in [0.2, 0.25) is 0 Å². The quantitative estimate of drug-likeness (QED) is 0.574. The minimum absolute atomic E-state index is 0.00463. The summed E-state index contributed by atoms with van der Waals surface area (Å²) in [7, 11) is 0. The van der Waals surface area contributed by atoms with Gasteiger partial charge in [-0.3, -0.25) is 4.79 Å². The van der Waals surface area contributed by atoms with Crippen molar-refractivity contribution in [3.63, 3.8) is 0 Å². The molecule has 8 nitrogen and oxygen atoms in total. The number of aryl methyl sites for hydroxylation is 1. The average molecular weight is 470 g/mol. The second-order valence-corrected chi connectivity index (χ2v) is 8.52. The van der Waals surface area contributed by atoms with Crippen molar-refractivity contribution in [2.45, 2.75) is 44.5 Å². The number of rotatable bonds is 4. The monoisotopic (exact) mass is 470 g/mol. The summed E-state index contributed by atoms with van der Waals surface area (Å²) < 4.78 is 44.3. The Labute approximate surface area is 193 Å². The minimum atomic E-state index is -4.57. The molecule has 1 aliphatic carbocycles. The number of fused-ring (bicyclic) bond motifs is 3. The normalized spacial score (nSPS) is 22.0. The molecule has 2 bridgehead atoms. The lowest BCUT2D eigenvalue weighted by atomic mass is 9.77. The van der Waals surface area contributed by atoms with Crippen molar-refractivity contribution in [1.82, 2.24) is 29.8 Å². The van der Waals surface area contributed by atoms with E-state index < -0.39 is 18.0 Å². The van der Waals surface area contributed by atoms with E-state index in [1.54, 1.807) is 35.5 Å². The molecule has 34 heavy (non-hydrogen) atoms. The van der Waals surface area contributed by atoms with Crippen molar-refractivity contribution < 1.29 is 22.7 Å². The Kier molecular flexibility index (Phi) is 5.62. The van der Waals surface area contributed by atoms with Crippen LogP contribution >= 0.6 is 0 Å². The van der Waals surface area contributed by atoms with Crippen LogP contribution in [-0.4, -0.2) is 54.4 Å². The predicted octanol–water partition coefficient (Wildman–Crippen LogP) is 3.73. The zero-order chi connectivity index (χ0) is 23.9. The van der Waals surface area contributed by atoms with Crippen molar-refractivity contribution in [2.24, 2.45) is 5.92 Å². The highest BCUT2D eigenvalue weighted by Crippen LogP contribution is 2.38. The highest BCUT2D eigenvalue weighted by atomic mass is 19.4. The van der Waals surface area contributed by atoms with E-state index in [-0.39, 0.29) is 29.4 Å². The van der Waals surface area contributed by atoms with Gasteiger partial charge in [0.05, 0.1) is 24.0 Å². The maximum Gasteiger partial charge on any atom is 0.434 e. The number of piperidine rings is 2. The summed E-state index contributed by atoms with van der Waals surface area (Å²) in [4.78, 5) is 35.7. The van der Waals surface area contributed by atoms with Gasteiger partial charge in [-0.05, 0) is 50.3 Å². The summed E-state index contributed by atoms with van der Waals surface area (Å²) >= 11 is 0. The Bertz CT molecular complexity index is 1190. The molecule has 1 amide bonds. The Morgan fingerprint density at radius 3 is 2.56 bits per heavy atom. The first-order chi connectivity index (χ1) is 16.3. The second-order valence-electron chi connectivity index (χ2n) is 8.52. The number of alkyl halides is 3. The van der Waals surface area contributed by atoms with Crippen molar-refractivity contribution in [3.05, 3.63) is 60.1 Å². The molecular weight excluding hydrogens is 449 g/mol. The number of carbonyl (C=O) groups excluding carboxylic acids is 1. The lowest BCUT2D eigenvalue weighted by molar-refractivity contribution is -0.141. The van der Waals surface area contributed by atoms with E-state index in [0.29, 0.717) is 36.2 Å². The van der Waals surface area contributed by atoms with Crippen LogP contribution in [0.5, 0.6) is 5.88 Å². The summed E-state index contributed by atoms with van der Waals surface area (Å²) in [6.07, 6.45) is 2.23. The van der Waals surface area contributed by atoms with Crippen LogP contribution in [0.3, 0.4) is 0 Å².